The van der Waals surface area contributed by atoms with Crippen LogP contribution >= 0.6 is 46.6 Å². The third-order valence-electron chi connectivity index (χ3n) is 2.98. The number of H-pyrrole nitrogens is 1. The maximum Gasteiger partial charge on any atom is 0.178 e. The van der Waals surface area contributed by atoms with E-state index in [0.29, 0.717) is 13.6 Å². The molecule has 0 saturated carbocycles. The fraction of sp³-hybridized carbons (Fsp3) is 0.417. The van der Waals surface area contributed by atoms with Gasteiger partial charge in [0.1, 0.15) is 5.82 Å². The summed E-state index contributed by atoms with van der Waals surface area (Å²) in [7, 11) is 0. The van der Waals surface area contributed by atoms with Gasteiger partial charge in [-0.15, -0.1) is 0 Å². The van der Waals surface area contributed by atoms with Crippen LogP contribution in [0, 0.1) is 14.2 Å². The van der Waals surface area contributed by atoms with E-state index in [1.807, 2.05) is 38.9 Å². The Bertz CT molecular complexity index is 620. The number of aromatic amines is 1. The summed E-state index contributed by atoms with van der Waals surface area (Å²) in [6.45, 7) is 3.01. The predicted molar refractivity (Wildman–Crippen MR) is 87.4 cm³/mol. The van der Waals surface area contributed by atoms with E-state index in [9.17, 15) is 4.39 Å². The zero-order valence-corrected chi connectivity index (χ0v) is 14.0. The van der Waals surface area contributed by atoms with Crippen LogP contribution in [0.15, 0.2) is 12.1 Å². The first-order valence-corrected chi connectivity index (χ1v) is 8.40. The molecule has 1 heterocycles. The molecule has 0 aliphatic rings. The van der Waals surface area contributed by atoms with Crippen LogP contribution < -0.4 is 0 Å². The molecule has 0 amide bonds. The maximum absolute atomic E-state index is 13.6. The second-order valence-electron chi connectivity index (χ2n) is 4.20. The number of aryl methyl sites for hydroxylation is 1. The Kier molecular flexibility index (Phi) is 4.71. The van der Waals surface area contributed by atoms with Crippen molar-refractivity contribution in [3.63, 3.8) is 0 Å². The summed E-state index contributed by atoms with van der Waals surface area (Å²) < 4.78 is 16.9. The first-order valence-electron chi connectivity index (χ1n) is 5.63. The topological polar surface area (TPSA) is 20.7 Å². The van der Waals surface area contributed by atoms with Gasteiger partial charge < -0.3 is 9.55 Å². The highest BCUT2D eigenvalue weighted by Crippen LogP contribution is 2.22. The molecule has 0 fully saturated rings. The van der Waals surface area contributed by atoms with E-state index in [2.05, 4.69) is 18.2 Å². The lowest BCUT2D eigenvalue weighted by atomic mass is 10.3. The van der Waals surface area contributed by atoms with Crippen LogP contribution in [0.3, 0.4) is 0 Å². The molecule has 1 aromatic heterocycles. The number of nitrogens with zero attached hydrogens (tertiary/aromatic N) is 1. The van der Waals surface area contributed by atoms with Gasteiger partial charge in [0, 0.05) is 17.9 Å². The Morgan fingerprint density at radius 3 is 2.94 bits per heavy atom. The largest absolute Gasteiger partial charge is 0.331 e. The summed E-state index contributed by atoms with van der Waals surface area (Å²) in [5.74, 6) is -0.191. The quantitative estimate of drug-likeness (QED) is 0.603. The summed E-state index contributed by atoms with van der Waals surface area (Å²) in [6.07, 6.45) is 3.12. The van der Waals surface area contributed by atoms with E-state index in [1.54, 1.807) is 12.1 Å². The van der Waals surface area contributed by atoms with E-state index in [4.69, 9.17) is 12.2 Å². The van der Waals surface area contributed by atoms with Crippen molar-refractivity contribution in [3.8, 4) is 0 Å². The minimum Gasteiger partial charge on any atom is -0.331 e. The van der Waals surface area contributed by atoms with E-state index in [1.165, 1.54) is 0 Å². The van der Waals surface area contributed by atoms with Crippen molar-refractivity contribution < 1.29 is 4.39 Å². The van der Waals surface area contributed by atoms with Gasteiger partial charge in [0.15, 0.2) is 4.77 Å². The van der Waals surface area contributed by atoms with Crippen molar-refractivity contribution in [2.45, 2.75) is 25.1 Å². The van der Waals surface area contributed by atoms with E-state index in [-0.39, 0.29) is 5.82 Å². The average molecular weight is 396 g/mol. The summed E-state index contributed by atoms with van der Waals surface area (Å²) in [6, 6.07) is 3.36. The van der Waals surface area contributed by atoms with Gasteiger partial charge in [-0.05, 0) is 53.6 Å². The Hall–Kier alpha value is -0.0800. The number of nitrogens with one attached hydrogen (secondary N) is 1. The monoisotopic (exact) mass is 396 g/mol. The minimum absolute atomic E-state index is 0.191. The molecule has 2 nitrogen and oxygen atoms in total. The number of benzene rings is 1. The highest BCUT2D eigenvalue weighted by molar-refractivity contribution is 14.1. The van der Waals surface area contributed by atoms with Gasteiger partial charge in [-0.2, -0.15) is 11.8 Å². The van der Waals surface area contributed by atoms with Crippen LogP contribution in [0.4, 0.5) is 4.39 Å². The van der Waals surface area contributed by atoms with Crippen LogP contribution in [0.1, 0.15) is 13.3 Å². The summed E-state index contributed by atoms with van der Waals surface area (Å²) in [5, 5.41) is 0.575. The zero-order valence-electron chi connectivity index (χ0n) is 10.2. The first-order chi connectivity index (χ1) is 8.52. The van der Waals surface area contributed by atoms with Crippen LogP contribution in [0.25, 0.3) is 11.0 Å². The number of fused-ring (bicyclic) bond motifs is 1. The summed E-state index contributed by atoms with van der Waals surface area (Å²) in [5.41, 5.74) is 1.76. The second-order valence-corrected chi connectivity index (χ2v) is 7.03. The molecule has 6 heteroatoms. The van der Waals surface area contributed by atoms with E-state index < -0.39 is 0 Å². The molecule has 1 unspecified atom stereocenters. The molecule has 2 rings (SSSR count). The summed E-state index contributed by atoms with van der Waals surface area (Å²) in [4.78, 5) is 3.14. The van der Waals surface area contributed by atoms with Crippen molar-refractivity contribution in [1.29, 1.82) is 0 Å². The molecule has 0 aliphatic carbocycles. The second kappa shape index (κ2) is 5.92. The molecule has 18 heavy (non-hydrogen) atoms. The highest BCUT2D eigenvalue weighted by Gasteiger charge is 2.09. The lowest BCUT2D eigenvalue weighted by Crippen LogP contribution is -2.04. The number of rotatable bonds is 4. The smallest absolute Gasteiger partial charge is 0.178 e. The highest BCUT2D eigenvalue weighted by atomic mass is 127. The molecule has 1 aromatic carbocycles. The number of aromatic nitrogens is 2. The molecule has 2 aromatic rings. The molecule has 1 atom stereocenters. The molecule has 0 saturated heterocycles. The molecule has 0 bridgehead atoms. The lowest BCUT2D eigenvalue weighted by molar-refractivity contribution is 0.617. The normalized spacial score (nSPS) is 13.1. The predicted octanol–water partition coefficient (Wildman–Crippen LogP) is 4.58. The average Bonchev–Trinajstić information content (AvgIpc) is 2.62. The molecule has 0 radical (unpaired) electrons. The van der Waals surface area contributed by atoms with Crippen molar-refractivity contribution in [3.05, 3.63) is 26.3 Å². The fourth-order valence-electron chi connectivity index (χ4n) is 1.80. The summed E-state index contributed by atoms with van der Waals surface area (Å²) >= 11 is 9.12. The number of thioether (sulfide) groups is 1. The van der Waals surface area contributed by atoms with Gasteiger partial charge in [-0.3, -0.25) is 0 Å². The lowest BCUT2D eigenvalue weighted by Gasteiger charge is -2.09. The third-order valence-corrected chi connectivity index (χ3v) is 5.17. The SMILES string of the molecule is CSC(C)CCn1c(=S)[nH]c2cc(I)c(F)cc21. The van der Waals surface area contributed by atoms with Crippen molar-refractivity contribution in [2.24, 2.45) is 0 Å². The first kappa shape index (κ1) is 14.3. The van der Waals surface area contributed by atoms with Crippen LogP contribution in [0.2, 0.25) is 0 Å². The molecule has 0 spiro atoms. The molecular formula is C12H14FIN2S2. The van der Waals surface area contributed by atoms with E-state index >= 15 is 0 Å². The Morgan fingerprint density at radius 1 is 1.56 bits per heavy atom. The standard InChI is InChI=1S/C12H14FIN2S2/c1-7(18-2)3-4-16-11-5-8(13)9(14)6-10(11)15-12(16)17/h5-7H,3-4H2,1-2H3,(H,15,17). The van der Waals surface area contributed by atoms with Crippen molar-refractivity contribution in [2.75, 3.05) is 6.26 Å². The number of hydrogen-bond acceptors (Lipinski definition) is 2. The molecule has 0 aliphatic heterocycles. The molecule has 98 valence electrons. The van der Waals surface area contributed by atoms with Gasteiger partial charge in [0.2, 0.25) is 0 Å². The number of hydrogen-bond donors (Lipinski definition) is 1. The van der Waals surface area contributed by atoms with Crippen LogP contribution in [-0.4, -0.2) is 21.1 Å². The van der Waals surface area contributed by atoms with E-state index in [0.717, 1.165) is 24.0 Å². The van der Waals surface area contributed by atoms with Crippen LogP contribution in [-0.2, 0) is 6.54 Å². The van der Waals surface area contributed by atoms with Gasteiger partial charge in [-0.1, -0.05) is 6.92 Å². The Labute approximate surface area is 128 Å². The molecule has 1 N–H and O–H groups in total. The minimum atomic E-state index is -0.191. The van der Waals surface area contributed by atoms with Crippen molar-refractivity contribution >= 4 is 57.6 Å². The Balaban J connectivity index is 2.41. The maximum atomic E-state index is 13.6. The third kappa shape index (κ3) is 2.91. The Morgan fingerprint density at radius 2 is 2.28 bits per heavy atom. The number of imidazole rings is 1. The van der Waals surface area contributed by atoms with Crippen molar-refractivity contribution in [1.82, 2.24) is 9.55 Å². The number of halogens is 2. The molecular weight excluding hydrogens is 382 g/mol. The van der Waals surface area contributed by atoms with Crippen LogP contribution in [0.5, 0.6) is 0 Å². The fourth-order valence-corrected chi connectivity index (χ4v) is 2.91. The van der Waals surface area contributed by atoms with Gasteiger partial charge >= 0.3 is 0 Å². The van der Waals surface area contributed by atoms with Gasteiger partial charge in [0.25, 0.3) is 0 Å². The van der Waals surface area contributed by atoms with Gasteiger partial charge in [0.05, 0.1) is 14.6 Å². The zero-order chi connectivity index (χ0) is 13.3. The van der Waals surface area contributed by atoms with Gasteiger partial charge in [-0.25, -0.2) is 4.39 Å².